The van der Waals surface area contributed by atoms with Crippen LogP contribution in [0.2, 0.25) is 0 Å². The fraction of sp³-hybridized carbons (Fsp3) is 0.263. The van der Waals surface area contributed by atoms with E-state index in [9.17, 15) is 9.59 Å². The molecule has 0 bridgehead atoms. The van der Waals surface area contributed by atoms with Gasteiger partial charge in [0.25, 0.3) is 5.91 Å². The van der Waals surface area contributed by atoms with Gasteiger partial charge >= 0.3 is 0 Å². The minimum Gasteiger partial charge on any atom is -0.339 e. The summed E-state index contributed by atoms with van der Waals surface area (Å²) in [6.45, 7) is 4.06. The molecule has 3 rings (SSSR count). The summed E-state index contributed by atoms with van der Waals surface area (Å²) >= 11 is 0. The van der Waals surface area contributed by atoms with Crippen LogP contribution in [0, 0.1) is 5.92 Å². The van der Waals surface area contributed by atoms with Crippen molar-refractivity contribution in [3.63, 3.8) is 0 Å². The van der Waals surface area contributed by atoms with Crippen LogP contribution in [0.1, 0.15) is 25.8 Å². The topological polar surface area (TPSA) is 58.2 Å². The van der Waals surface area contributed by atoms with E-state index in [0.717, 1.165) is 16.3 Å². The van der Waals surface area contributed by atoms with E-state index in [2.05, 4.69) is 10.6 Å². The Hall–Kier alpha value is -2.62. The molecule has 4 heteroatoms. The van der Waals surface area contributed by atoms with Crippen molar-refractivity contribution in [2.75, 3.05) is 0 Å². The van der Waals surface area contributed by atoms with E-state index in [4.69, 9.17) is 0 Å². The molecule has 118 valence electrons. The van der Waals surface area contributed by atoms with Crippen LogP contribution in [0.3, 0.4) is 0 Å². The summed E-state index contributed by atoms with van der Waals surface area (Å²) in [6, 6.07) is 13.4. The number of benzene rings is 2. The molecule has 1 atom stereocenters. The Kier molecular flexibility index (Phi) is 4.15. The maximum Gasteiger partial charge on any atom is 0.268 e. The van der Waals surface area contributed by atoms with Gasteiger partial charge in [0.1, 0.15) is 11.7 Å². The van der Waals surface area contributed by atoms with Gasteiger partial charge in [-0.15, -0.1) is 0 Å². The Bertz CT molecular complexity index is 788. The van der Waals surface area contributed by atoms with E-state index < -0.39 is 6.04 Å². The van der Waals surface area contributed by atoms with Gasteiger partial charge in [-0.05, 0) is 34.8 Å². The van der Waals surface area contributed by atoms with Gasteiger partial charge in [-0.3, -0.25) is 9.59 Å². The third-order valence-electron chi connectivity index (χ3n) is 3.95. The first-order valence-electron chi connectivity index (χ1n) is 7.86. The van der Waals surface area contributed by atoms with Crippen molar-refractivity contribution in [3.8, 4) is 0 Å². The number of hydrogen-bond acceptors (Lipinski definition) is 2. The van der Waals surface area contributed by atoms with Crippen LogP contribution >= 0.6 is 0 Å². The van der Waals surface area contributed by atoms with Gasteiger partial charge in [0, 0.05) is 0 Å². The molecule has 0 unspecified atom stereocenters. The molecular formula is C19H20N2O2. The van der Waals surface area contributed by atoms with Gasteiger partial charge < -0.3 is 10.6 Å². The van der Waals surface area contributed by atoms with Crippen LogP contribution < -0.4 is 10.6 Å². The molecule has 0 aromatic heterocycles. The summed E-state index contributed by atoms with van der Waals surface area (Å²) in [6.07, 6.45) is 2.38. The highest BCUT2D eigenvalue weighted by atomic mass is 16.2. The molecule has 4 nitrogen and oxygen atoms in total. The van der Waals surface area contributed by atoms with Crippen molar-refractivity contribution in [2.45, 2.75) is 26.3 Å². The molecule has 1 fully saturated rings. The van der Waals surface area contributed by atoms with E-state index in [1.165, 1.54) is 0 Å². The van der Waals surface area contributed by atoms with E-state index in [-0.39, 0.29) is 11.8 Å². The Morgan fingerprint density at radius 3 is 2.61 bits per heavy atom. The Labute approximate surface area is 135 Å². The lowest BCUT2D eigenvalue weighted by atomic mass is 10.00. The number of piperazine rings is 1. The number of carbonyl (C=O) groups is 2. The van der Waals surface area contributed by atoms with Crippen molar-refractivity contribution in [2.24, 2.45) is 5.92 Å². The zero-order valence-corrected chi connectivity index (χ0v) is 13.3. The average Bonchev–Trinajstić information content (AvgIpc) is 2.52. The van der Waals surface area contributed by atoms with Crippen LogP contribution in [0.25, 0.3) is 16.8 Å². The van der Waals surface area contributed by atoms with Crippen LogP contribution in [0.15, 0.2) is 48.2 Å². The monoisotopic (exact) mass is 308 g/mol. The summed E-state index contributed by atoms with van der Waals surface area (Å²) in [5.74, 6) is -0.0392. The highest BCUT2D eigenvalue weighted by Crippen LogP contribution is 2.21. The zero-order valence-electron chi connectivity index (χ0n) is 13.3. The number of nitrogens with one attached hydrogen (secondary N) is 2. The predicted molar refractivity (Wildman–Crippen MR) is 91.5 cm³/mol. The number of fused-ring (bicyclic) bond motifs is 1. The quantitative estimate of drug-likeness (QED) is 0.857. The summed E-state index contributed by atoms with van der Waals surface area (Å²) in [4.78, 5) is 24.5. The van der Waals surface area contributed by atoms with Crippen molar-refractivity contribution in [1.29, 1.82) is 0 Å². The lowest BCUT2D eigenvalue weighted by Gasteiger charge is -2.26. The number of hydrogen-bond donors (Lipinski definition) is 2. The number of carbonyl (C=O) groups excluding carboxylic acids is 2. The van der Waals surface area contributed by atoms with Crippen LogP contribution in [0.4, 0.5) is 0 Å². The SMILES string of the molecule is CC(C)C[C@@H]1NC(=O)/C(=C\c2cccc3ccccc23)NC1=O. The first-order valence-corrected chi connectivity index (χ1v) is 7.86. The molecule has 1 aliphatic rings. The van der Waals surface area contributed by atoms with Crippen LogP contribution in [0.5, 0.6) is 0 Å². The molecule has 2 aromatic carbocycles. The molecule has 0 spiro atoms. The van der Waals surface area contributed by atoms with Crippen molar-refractivity contribution in [1.82, 2.24) is 10.6 Å². The van der Waals surface area contributed by atoms with Crippen molar-refractivity contribution >= 4 is 28.7 Å². The van der Waals surface area contributed by atoms with E-state index in [0.29, 0.717) is 18.0 Å². The molecular weight excluding hydrogens is 288 g/mol. The normalized spacial score (nSPS) is 20.0. The third kappa shape index (κ3) is 3.26. The molecule has 0 aliphatic carbocycles. The predicted octanol–water partition coefficient (Wildman–Crippen LogP) is 2.84. The van der Waals surface area contributed by atoms with Gasteiger partial charge in [0.05, 0.1) is 0 Å². The fourth-order valence-corrected chi connectivity index (χ4v) is 2.85. The highest BCUT2D eigenvalue weighted by Gasteiger charge is 2.30. The van der Waals surface area contributed by atoms with Gasteiger partial charge in [-0.25, -0.2) is 0 Å². The lowest BCUT2D eigenvalue weighted by molar-refractivity contribution is -0.131. The molecule has 2 amide bonds. The molecule has 2 N–H and O–H groups in total. The Morgan fingerprint density at radius 2 is 1.83 bits per heavy atom. The second-order valence-corrected chi connectivity index (χ2v) is 6.27. The minimum atomic E-state index is -0.452. The molecule has 2 aromatic rings. The molecule has 1 saturated heterocycles. The standard InChI is InChI=1S/C19H20N2O2/c1-12(2)10-16-18(22)21-17(19(23)20-16)11-14-8-5-7-13-6-3-4-9-15(13)14/h3-9,11-12,16H,10H2,1-2H3,(H,20,23)(H,21,22)/b17-11+/t16-/m0/s1. The summed E-state index contributed by atoms with van der Waals surface area (Å²) < 4.78 is 0. The van der Waals surface area contributed by atoms with Crippen LogP contribution in [-0.2, 0) is 9.59 Å². The highest BCUT2D eigenvalue weighted by molar-refractivity contribution is 6.08. The Balaban J connectivity index is 1.91. The van der Waals surface area contributed by atoms with Gasteiger partial charge in [-0.2, -0.15) is 0 Å². The summed E-state index contributed by atoms with van der Waals surface area (Å²) in [7, 11) is 0. The smallest absolute Gasteiger partial charge is 0.268 e. The van der Waals surface area contributed by atoms with Crippen molar-refractivity contribution in [3.05, 3.63) is 53.7 Å². The molecule has 1 aliphatic heterocycles. The lowest BCUT2D eigenvalue weighted by Crippen LogP contribution is -2.55. The van der Waals surface area contributed by atoms with Gasteiger partial charge in [0.2, 0.25) is 5.91 Å². The third-order valence-corrected chi connectivity index (χ3v) is 3.95. The van der Waals surface area contributed by atoms with Crippen molar-refractivity contribution < 1.29 is 9.59 Å². The average molecular weight is 308 g/mol. The molecule has 0 radical (unpaired) electrons. The summed E-state index contributed by atoms with van der Waals surface area (Å²) in [5, 5.41) is 7.69. The van der Waals surface area contributed by atoms with Crippen LogP contribution in [-0.4, -0.2) is 17.9 Å². The fourth-order valence-electron chi connectivity index (χ4n) is 2.85. The second-order valence-electron chi connectivity index (χ2n) is 6.27. The van der Waals surface area contributed by atoms with E-state index in [1.54, 1.807) is 6.08 Å². The first kappa shape index (κ1) is 15.3. The minimum absolute atomic E-state index is 0.148. The molecule has 0 saturated carbocycles. The van der Waals surface area contributed by atoms with E-state index >= 15 is 0 Å². The number of rotatable bonds is 3. The second kappa shape index (κ2) is 6.24. The summed E-state index contributed by atoms with van der Waals surface area (Å²) in [5.41, 5.74) is 1.21. The Morgan fingerprint density at radius 1 is 1.09 bits per heavy atom. The largest absolute Gasteiger partial charge is 0.339 e. The maximum atomic E-state index is 12.3. The van der Waals surface area contributed by atoms with E-state index in [1.807, 2.05) is 56.3 Å². The maximum absolute atomic E-state index is 12.3. The molecule has 23 heavy (non-hydrogen) atoms. The number of amides is 2. The van der Waals surface area contributed by atoms with Gasteiger partial charge in [-0.1, -0.05) is 56.3 Å². The first-order chi connectivity index (χ1) is 11.0. The zero-order chi connectivity index (χ0) is 16.4. The van der Waals surface area contributed by atoms with Gasteiger partial charge in [0.15, 0.2) is 0 Å². The molecule has 1 heterocycles.